The minimum atomic E-state index is 0.0319. The van der Waals surface area contributed by atoms with Crippen LogP contribution in [0.25, 0.3) is 0 Å². The van der Waals surface area contributed by atoms with Gasteiger partial charge in [-0.3, -0.25) is 4.79 Å². The number of hydrogen-bond donors (Lipinski definition) is 0. The van der Waals surface area contributed by atoms with Crippen LogP contribution in [0.3, 0.4) is 0 Å². The minimum absolute atomic E-state index is 0.0319. The molecule has 0 heterocycles. The van der Waals surface area contributed by atoms with Gasteiger partial charge in [0.2, 0.25) is 5.91 Å². The first-order valence-electron chi connectivity index (χ1n) is 9.13. The normalized spacial score (nSPS) is 10.5. The molecule has 0 aliphatic heterocycles. The Kier molecular flexibility index (Phi) is 5.92. The second kappa shape index (κ2) is 8.54. The summed E-state index contributed by atoms with van der Waals surface area (Å²) in [5.74, 6) is 0.854. The van der Waals surface area contributed by atoms with Crippen molar-refractivity contribution in [3.8, 4) is 5.75 Å². The zero-order chi connectivity index (χ0) is 19.2. The summed E-state index contributed by atoms with van der Waals surface area (Å²) >= 11 is 0. The van der Waals surface area contributed by atoms with E-state index in [4.69, 9.17) is 4.74 Å². The summed E-state index contributed by atoms with van der Waals surface area (Å²) in [7, 11) is 0. The van der Waals surface area contributed by atoms with Crippen LogP contribution in [0.2, 0.25) is 0 Å². The smallest absolute Gasteiger partial charge is 0.224 e. The Bertz CT molecular complexity index is 881. The summed E-state index contributed by atoms with van der Waals surface area (Å²) in [6.07, 6.45) is 0. The molecule has 0 N–H and O–H groups in total. The van der Waals surface area contributed by atoms with E-state index in [1.54, 1.807) is 11.8 Å². The van der Waals surface area contributed by atoms with Crippen molar-refractivity contribution in [2.45, 2.75) is 33.9 Å². The molecule has 0 aliphatic carbocycles. The number of nitrogens with zero attached hydrogens (tertiary/aromatic N) is 1. The molecule has 0 saturated heterocycles. The summed E-state index contributed by atoms with van der Waals surface area (Å²) in [5.41, 5.74) is 5.45. The number of aryl methyl sites for hydroxylation is 2. The van der Waals surface area contributed by atoms with E-state index < -0.39 is 0 Å². The van der Waals surface area contributed by atoms with Gasteiger partial charge in [0.1, 0.15) is 12.4 Å². The van der Waals surface area contributed by atoms with Crippen LogP contribution >= 0.6 is 0 Å². The van der Waals surface area contributed by atoms with Crippen LogP contribution in [0.1, 0.15) is 29.2 Å². The molecule has 1 amide bonds. The number of rotatable bonds is 6. The summed E-state index contributed by atoms with van der Waals surface area (Å²) in [6.45, 7) is 6.79. The molecule has 3 aromatic carbocycles. The molecule has 0 aliphatic rings. The highest BCUT2D eigenvalue weighted by Crippen LogP contribution is 2.22. The molecule has 27 heavy (non-hydrogen) atoms. The van der Waals surface area contributed by atoms with Crippen LogP contribution in [0, 0.1) is 13.8 Å². The monoisotopic (exact) mass is 359 g/mol. The minimum Gasteiger partial charge on any atom is -0.489 e. The summed E-state index contributed by atoms with van der Waals surface area (Å²) in [5, 5.41) is 0. The van der Waals surface area contributed by atoms with Crippen molar-refractivity contribution in [2.24, 2.45) is 0 Å². The average molecular weight is 359 g/mol. The highest BCUT2D eigenvalue weighted by Gasteiger charge is 2.13. The van der Waals surface area contributed by atoms with E-state index in [1.165, 1.54) is 0 Å². The number of ether oxygens (including phenoxy) is 1. The predicted octanol–water partition coefficient (Wildman–Crippen LogP) is 5.44. The molecule has 0 bridgehead atoms. The van der Waals surface area contributed by atoms with E-state index >= 15 is 0 Å². The fraction of sp³-hybridized carbons (Fsp3) is 0.208. The molecule has 0 radical (unpaired) electrons. The van der Waals surface area contributed by atoms with E-state index in [1.807, 2.05) is 80.6 Å². The van der Waals surface area contributed by atoms with Gasteiger partial charge in [0.15, 0.2) is 0 Å². The maximum absolute atomic E-state index is 12.2. The largest absolute Gasteiger partial charge is 0.489 e. The Morgan fingerprint density at radius 1 is 0.852 bits per heavy atom. The molecule has 138 valence electrons. The molecule has 3 aromatic rings. The first-order valence-corrected chi connectivity index (χ1v) is 9.13. The molecular formula is C24H25NO2. The molecule has 0 aromatic heterocycles. The Labute approximate surface area is 161 Å². The maximum Gasteiger partial charge on any atom is 0.224 e. The van der Waals surface area contributed by atoms with Gasteiger partial charge in [0.05, 0.1) is 6.54 Å². The van der Waals surface area contributed by atoms with Crippen LogP contribution in [0.4, 0.5) is 5.69 Å². The topological polar surface area (TPSA) is 29.5 Å². The zero-order valence-electron chi connectivity index (χ0n) is 16.1. The van der Waals surface area contributed by atoms with Crippen molar-refractivity contribution in [3.05, 3.63) is 95.1 Å². The lowest BCUT2D eigenvalue weighted by Crippen LogP contribution is -2.27. The van der Waals surface area contributed by atoms with Crippen molar-refractivity contribution < 1.29 is 9.53 Å². The van der Waals surface area contributed by atoms with Crippen LogP contribution in [-0.2, 0) is 17.9 Å². The SMILES string of the molecule is CC(=O)N(Cc1ccc(OCc2ccccc2)cc1)c1cc(C)cc(C)c1. The predicted molar refractivity (Wildman–Crippen MR) is 110 cm³/mol. The fourth-order valence-corrected chi connectivity index (χ4v) is 3.11. The Morgan fingerprint density at radius 3 is 2.07 bits per heavy atom. The zero-order valence-corrected chi connectivity index (χ0v) is 16.1. The first kappa shape index (κ1) is 18.7. The van der Waals surface area contributed by atoms with Gasteiger partial charge in [-0.1, -0.05) is 48.5 Å². The van der Waals surface area contributed by atoms with Crippen molar-refractivity contribution in [2.75, 3.05) is 4.90 Å². The standard InChI is InChI=1S/C24H25NO2/c1-18-13-19(2)15-23(14-18)25(20(3)26)16-21-9-11-24(12-10-21)27-17-22-7-5-4-6-8-22/h4-15H,16-17H2,1-3H3. The van der Waals surface area contributed by atoms with Crippen molar-refractivity contribution >= 4 is 11.6 Å². The van der Waals surface area contributed by atoms with E-state index in [2.05, 4.69) is 6.07 Å². The molecule has 3 heteroatoms. The lowest BCUT2D eigenvalue weighted by atomic mass is 10.1. The molecule has 0 spiro atoms. The maximum atomic E-state index is 12.2. The average Bonchev–Trinajstić information content (AvgIpc) is 2.65. The third-order valence-corrected chi connectivity index (χ3v) is 4.41. The number of amides is 1. The summed E-state index contributed by atoms with van der Waals surface area (Å²) in [6, 6.07) is 24.2. The Hall–Kier alpha value is -3.07. The number of carbonyl (C=O) groups is 1. The number of hydrogen-bond acceptors (Lipinski definition) is 2. The number of benzene rings is 3. The first-order chi connectivity index (χ1) is 13.0. The van der Waals surface area contributed by atoms with Gasteiger partial charge < -0.3 is 9.64 Å². The van der Waals surface area contributed by atoms with Crippen molar-refractivity contribution in [3.63, 3.8) is 0 Å². The molecular weight excluding hydrogens is 334 g/mol. The van der Waals surface area contributed by atoms with E-state index in [-0.39, 0.29) is 5.91 Å². The molecule has 0 saturated carbocycles. The molecule has 3 rings (SSSR count). The van der Waals surface area contributed by atoms with E-state index in [0.717, 1.165) is 33.7 Å². The van der Waals surface area contributed by atoms with Crippen LogP contribution in [0.5, 0.6) is 5.75 Å². The van der Waals surface area contributed by atoms with Crippen molar-refractivity contribution in [1.29, 1.82) is 0 Å². The van der Waals surface area contributed by atoms with Gasteiger partial charge in [-0.2, -0.15) is 0 Å². The molecule has 0 fully saturated rings. The summed E-state index contributed by atoms with van der Waals surface area (Å²) in [4.78, 5) is 14.0. The van der Waals surface area contributed by atoms with Gasteiger partial charge in [0.25, 0.3) is 0 Å². The van der Waals surface area contributed by atoms with Crippen LogP contribution < -0.4 is 9.64 Å². The van der Waals surface area contributed by atoms with Crippen LogP contribution in [-0.4, -0.2) is 5.91 Å². The lowest BCUT2D eigenvalue weighted by Gasteiger charge is -2.22. The fourth-order valence-electron chi connectivity index (χ4n) is 3.11. The van der Waals surface area contributed by atoms with Gasteiger partial charge >= 0.3 is 0 Å². The molecule has 0 atom stereocenters. The lowest BCUT2D eigenvalue weighted by molar-refractivity contribution is -0.116. The van der Waals surface area contributed by atoms with Gasteiger partial charge in [-0.25, -0.2) is 0 Å². The van der Waals surface area contributed by atoms with E-state index in [0.29, 0.717) is 13.2 Å². The number of carbonyl (C=O) groups excluding carboxylic acids is 1. The second-order valence-corrected chi connectivity index (χ2v) is 6.87. The number of anilines is 1. The van der Waals surface area contributed by atoms with Crippen LogP contribution in [0.15, 0.2) is 72.8 Å². The highest BCUT2D eigenvalue weighted by molar-refractivity contribution is 5.91. The van der Waals surface area contributed by atoms with E-state index in [9.17, 15) is 4.79 Å². The van der Waals surface area contributed by atoms with Gasteiger partial charge in [0, 0.05) is 12.6 Å². The summed E-state index contributed by atoms with van der Waals surface area (Å²) < 4.78 is 5.84. The Balaban J connectivity index is 1.69. The quantitative estimate of drug-likeness (QED) is 0.587. The highest BCUT2D eigenvalue weighted by atomic mass is 16.5. The van der Waals surface area contributed by atoms with Gasteiger partial charge in [-0.05, 0) is 60.4 Å². The third kappa shape index (κ3) is 5.20. The third-order valence-electron chi connectivity index (χ3n) is 4.41. The van der Waals surface area contributed by atoms with Crippen molar-refractivity contribution in [1.82, 2.24) is 0 Å². The Morgan fingerprint density at radius 2 is 1.48 bits per heavy atom. The second-order valence-electron chi connectivity index (χ2n) is 6.87. The van der Waals surface area contributed by atoms with Gasteiger partial charge in [-0.15, -0.1) is 0 Å². The molecule has 3 nitrogen and oxygen atoms in total. The molecule has 0 unspecified atom stereocenters.